The van der Waals surface area contributed by atoms with Crippen LogP contribution in [0.2, 0.25) is 0 Å². The molecule has 0 saturated heterocycles. The molecule has 0 spiro atoms. The Balaban J connectivity index is 4.02. The number of hydrogen-bond donors (Lipinski definition) is 0. The zero-order valence-electron chi connectivity index (χ0n) is 5.08. The van der Waals surface area contributed by atoms with Gasteiger partial charge in [-0.3, -0.25) is 0 Å². The van der Waals surface area contributed by atoms with Crippen LogP contribution in [0.1, 0.15) is 20.8 Å². The van der Waals surface area contributed by atoms with E-state index in [0.29, 0.717) is 0 Å². The normalized spacial score (nSPS) is 14.2. The molecule has 0 saturated carbocycles. The fraction of sp³-hybridized carbons (Fsp3) is 1.00. The van der Waals surface area contributed by atoms with E-state index >= 15 is 0 Å². The number of nitrogens with zero attached hydrogens (tertiary/aromatic N) is 1. The first-order chi connectivity index (χ1) is 3.25. The van der Waals surface area contributed by atoms with Gasteiger partial charge in [0.2, 0.25) is 10.7 Å². The lowest BCUT2D eigenvalue weighted by atomic mass is 10.1. The van der Waals surface area contributed by atoms with Gasteiger partial charge in [-0.05, 0) is 0 Å². The molecular formula is C4H9F3N+. The first-order valence-electron chi connectivity index (χ1n) is 2.23. The van der Waals surface area contributed by atoms with Crippen molar-refractivity contribution in [1.29, 1.82) is 0 Å². The molecule has 0 N–H and O–H groups in total. The van der Waals surface area contributed by atoms with Crippen LogP contribution in [0, 0.1) is 0 Å². The van der Waals surface area contributed by atoms with Gasteiger partial charge in [-0.15, -0.1) is 0 Å². The Kier molecular flexibility index (Phi) is 1.57. The number of hydrogen-bond acceptors (Lipinski definition) is 0. The van der Waals surface area contributed by atoms with Gasteiger partial charge < -0.3 is 0 Å². The van der Waals surface area contributed by atoms with Crippen molar-refractivity contribution >= 4 is 0 Å². The van der Waals surface area contributed by atoms with Crippen molar-refractivity contribution in [2.75, 3.05) is 0 Å². The van der Waals surface area contributed by atoms with Gasteiger partial charge in [0.1, 0.15) is 0 Å². The number of quaternary nitrogens is 1. The van der Waals surface area contributed by atoms with Gasteiger partial charge in [-0.2, -0.15) is 0 Å². The highest BCUT2D eigenvalue weighted by molar-refractivity contribution is 4.52. The van der Waals surface area contributed by atoms with E-state index in [1.807, 2.05) is 0 Å². The average molecular weight is 128 g/mol. The van der Waals surface area contributed by atoms with Crippen molar-refractivity contribution in [3.05, 3.63) is 0 Å². The molecule has 8 heavy (non-hydrogen) atoms. The summed E-state index contributed by atoms with van der Waals surface area (Å²) in [5.74, 6) is 0. The van der Waals surface area contributed by atoms with E-state index in [9.17, 15) is 13.4 Å². The smallest absolute Gasteiger partial charge is 0.00107 e. The van der Waals surface area contributed by atoms with Crippen molar-refractivity contribution in [3.63, 3.8) is 0 Å². The molecule has 0 aliphatic carbocycles. The highest BCUT2D eigenvalue weighted by Gasteiger charge is 2.47. The maximum absolute atomic E-state index is 11.5. The van der Waals surface area contributed by atoms with E-state index in [1.54, 1.807) is 0 Å². The third-order valence-electron chi connectivity index (χ3n) is 0.761. The second-order valence-corrected chi connectivity index (χ2v) is 2.62. The molecule has 0 aliphatic heterocycles. The van der Waals surface area contributed by atoms with Crippen LogP contribution in [0.15, 0.2) is 0 Å². The molecule has 4 heteroatoms. The van der Waals surface area contributed by atoms with Gasteiger partial charge in [0.25, 0.3) is 0 Å². The highest BCUT2D eigenvalue weighted by atomic mass is 19.6. The van der Waals surface area contributed by atoms with Gasteiger partial charge in [0, 0.05) is 20.8 Å². The van der Waals surface area contributed by atoms with Crippen molar-refractivity contribution in [3.8, 4) is 0 Å². The topological polar surface area (TPSA) is 0 Å². The van der Waals surface area contributed by atoms with E-state index in [4.69, 9.17) is 0 Å². The fourth-order valence-electron chi connectivity index (χ4n) is 0. The molecule has 0 rings (SSSR count). The first-order valence-corrected chi connectivity index (χ1v) is 2.23. The molecular weight excluding hydrogens is 119 g/mol. The molecule has 50 valence electrons. The summed E-state index contributed by atoms with van der Waals surface area (Å²) in [6.45, 7) is 3.35. The fourth-order valence-corrected chi connectivity index (χ4v) is 0. The summed E-state index contributed by atoms with van der Waals surface area (Å²) in [6.07, 6.45) is 0. The molecule has 0 aromatic heterocycles. The largest absolute Gasteiger partial charge is 0.249 e. The van der Waals surface area contributed by atoms with Crippen LogP contribution in [-0.2, 0) is 0 Å². The number of rotatable bonds is 0. The zero-order chi connectivity index (χ0) is 7.00. The summed E-state index contributed by atoms with van der Waals surface area (Å²) < 4.78 is 34.5. The van der Waals surface area contributed by atoms with E-state index < -0.39 is 10.7 Å². The maximum Gasteiger partial charge on any atom is 0.249 e. The molecule has 0 aliphatic rings. The van der Waals surface area contributed by atoms with Gasteiger partial charge >= 0.3 is 0 Å². The van der Waals surface area contributed by atoms with E-state index in [1.165, 1.54) is 0 Å². The lowest BCUT2D eigenvalue weighted by Gasteiger charge is -2.14. The molecule has 0 unspecified atom stereocenters. The summed E-state index contributed by atoms with van der Waals surface area (Å²) in [5, 5.41) is -3.48. The quantitative estimate of drug-likeness (QED) is 0.439. The molecule has 0 heterocycles. The van der Waals surface area contributed by atoms with Crippen LogP contribution in [0.25, 0.3) is 0 Å². The third-order valence-corrected chi connectivity index (χ3v) is 0.761. The van der Waals surface area contributed by atoms with Gasteiger partial charge in [0.15, 0.2) is 0 Å². The predicted molar refractivity (Wildman–Crippen MR) is 23.3 cm³/mol. The second-order valence-electron chi connectivity index (χ2n) is 2.62. The summed E-state index contributed by atoms with van der Waals surface area (Å²) in [6, 6.07) is 0. The molecule has 0 radical (unpaired) electrons. The van der Waals surface area contributed by atoms with Crippen LogP contribution in [0.3, 0.4) is 0 Å². The zero-order valence-corrected chi connectivity index (χ0v) is 5.08. The predicted octanol–water partition coefficient (Wildman–Crippen LogP) is 2.26. The van der Waals surface area contributed by atoms with Crippen molar-refractivity contribution in [1.82, 2.24) is 0 Å². The monoisotopic (exact) mass is 128 g/mol. The van der Waals surface area contributed by atoms with Crippen LogP contribution in [0.4, 0.5) is 13.4 Å². The summed E-state index contributed by atoms with van der Waals surface area (Å²) in [7, 11) is 0. The molecule has 0 fully saturated rings. The molecule has 0 aromatic rings. The Bertz CT molecular complexity index is 66.3. The molecule has 0 aromatic carbocycles. The van der Waals surface area contributed by atoms with Crippen LogP contribution in [0.5, 0.6) is 0 Å². The van der Waals surface area contributed by atoms with Gasteiger partial charge in [-0.25, -0.2) is 0 Å². The Hall–Kier alpha value is -0.250. The first kappa shape index (κ1) is 7.75. The Morgan fingerprint density at radius 2 is 1.12 bits per heavy atom. The second kappa shape index (κ2) is 1.62. The Labute approximate surface area is 46.1 Å². The standard InChI is InChI=1S/C4H9F3N/c1-4(2,3)8(5,6)7/h1-3H3/q+1. The Morgan fingerprint density at radius 3 is 1.12 bits per heavy atom. The lowest BCUT2D eigenvalue weighted by Crippen LogP contribution is -2.39. The minimum Gasteiger partial charge on any atom is 0.00107 e. The lowest BCUT2D eigenvalue weighted by molar-refractivity contribution is -1.30. The van der Waals surface area contributed by atoms with Crippen LogP contribution < -0.4 is 0 Å². The van der Waals surface area contributed by atoms with Crippen molar-refractivity contribution in [2.24, 2.45) is 0 Å². The molecule has 0 amide bonds. The van der Waals surface area contributed by atoms with Crippen molar-refractivity contribution in [2.45, 2.75) is 26.3 Å². The van der Waals surface area contributed by atoms with E-state index in [2.05, 4.69) is 0 Å². The van der Waals surface area contributed by atoms with Gasteiger partial charge in [0.05, 0.1) is 13.4 Å². The average Bonchev–Trinajstić information content (AvgIpc) is 1.25. The molecule has 0 atom stereocenters. The summed E-state index contributed by atoms with van der Waals surface area (Å²) >= 11 is 0. The highest BCUT2D eigenvalue weighted by Crippen LogP contribution is 2.26. The SMILES string of the molecule is CC(C)(C)[N+](F)(F)F. The minimum atomic E-state index is -3.48. The van der Waals surface area contributed by atoms with E-state index in [0.717, 1.165) is 20.8 Å². The van der Waals surface area contributed by atoms with Crippen LogP contribution in [-0.4, -0.2) is 10.7 Å². The summed E-state index contributed by atoms with van der Waals surface area (Å²) in [5.41, 5.74) is -1.62. The minimum absolute atomic E-state index is 1.12. The maximum atomic E-state index is 11.5. The number of halogens is 3. The van der Waals surface area contributed by atoms with Crippen molar-refractivity contribution < 1.29 is 18.6 Å². The molecule has 0 bridgehead atoms. The third kappa shape index (κ3) is 1.69. The van der Waals surface area contributed by atoms with Gasteiger partial charge in [-0.1, -0.05) is 0 Å². The Morgan fingerprint density at radius 1 is 1.00 bits per heavy atom. The van der Waals surface area contributed by atoms with Crippen LogP contribution >= 0.6 is 0 Å². The van der Waals surface area contributed by atoms with E-state index in [-0.39, 0.29) is 0 Å². The summed E-state index contributed by atoms with van der Waals surface area (Å²) in [4.78, 5) is 0. The molecule has 1 nitrogen and oxygen atoms in total.